The first-order valence-electron chi connectivity index (χ1n) is 36.6. The standard InChI is InChI=1S/C77H94Cl2N8O23/c1-34(2)20-48(82-5)74(103)86-64-52(93)24-40(27-59(80)95)72(101)84-62-39-25-56(69(57(26-39)107-55-15-12-38(66(64)97)23-47(55)79)110-76-70(68(99)67(98)58(33-88)108-76)109-60-32-77(4,81)71(100)35(3)105-60)106-54-14-11-37(22-46(54)78)65(96)45-31-50(91)42(30-53(62)94)36-10-13-49(90)43(21-36)61-44(28-41(89)29-51(61)92)63(85-73(45)102)75(104)83-16-9-19-87(6)17-7-8-18-87/h10-15,21-23,25-26,28-29,34-35,40,42,45,48,58,60,62-68,70-71,76,82,88,96-100H,7-9,16-20,24,27,30-33,81H2,1-6H3,(H8-,80,83,84,85,86,89,90,92,95,101,102,103,104)/p+1/t35-,40-,42-,45-,48+,58?,60-,62+,63-,64-,65+,66+,67?,68-,70+,71+,76?,77?/m0/s1. The van der Waals surface area contributed by atoms with E-state index in [-0.39, 0.29) is 85.8 Å². The number of halogens is 2. The highest BCUT2D eigenvalue weighted by atomic mass is 35.5. The van der Waals surface area contributed by atoms with Crippen molar-refractivity contribution in [1.82, 2.24) is 26.6 Å². The van der Waals surface area contributed by atoms with E-state index in [0.29, 0.717) is 13.0 Å². The fraction of sp³-hybridized carbons (Fsp3) is 0.506. The van der Waals surface area contributed by atoms with Gasteiger partial charge in [0.15, 0.2) is 35.5 Å². The number of nitrogens with zero attached hydrogens (tertiary/aromatic N) is 1. The van der Waals surface area contributed by atoms with E-state index in [9.17, 15) is 60.3 Å². The van der Waals surface area contributed by atoms with E-state index >= 15 is 24.0 Å². The molecule has 5 aromatic carbocycles. The summed E-state index contributed by atoms with van der Waals surface area (Å²) < 4.78 is 39.6. The van der Waals surface area contributed by atoms with Gasteiger partial charge in [0.1, 0.15) is 77.1 Å². The molecule has 110 heavy (non-hydrogen) atoms. The predicted molar refractivity (Wildman–Crippen MR) is 393 cm³/mol. The van der Waals surface area contributed by atoms with Crippen LogP contribution in [-0.4, -0.2) is 211 Å². The molecule has 31 nitrogen and oxygen atoms in total. The topological polar surface area (TPSA) is 486 Å². The molecule has 3 fully saturated rings. The largest absolute Gasteiger partial charge is 0.508 e. The number of primary amides is 1. The second kappa shape index (κ2) is 34.1. The zero-order valence-corrected chi connectivity index (χ0v) is 62.9. The van der Waals surface area contributed by atoms with Crippen LogP contribution in [-0.2, 0) is 52.6 Å². The number of nitrogens with two attached hydrogens (primary N) is 2. The minimum Gasteiger partial charge on any atom is -0.508 e. The number of quaternary nitrogens is 1. The third kappa shape index (κ3) is 18.1. The van der Waals surface area contributed by atoms with Gasteiger partial charge in [-0.2, -0.15) is 0 Å². The number of benzene rings is 5. The van der Waals surface area contributed by atoms with Crippen molar-refractivity contribution in [2.24, 2.45) is 29.2 Å². The number of nitrogens with one attached hydrogen (secondary N) is 5. The van der Waals surface area contributed by atoms with E-state index in [4.69, 9.17) is 63.1 Å². The van der Waals surface area contributed by atoms with Crippen LogP contribution in [0.2, 0.25) is 10.0 Å². The second-order valence-corrected chi connectivity index (χ2v) is 31.2. The molecule has 594 valence electrons. The van der Waals surface area contributed by atoms with Gasteiger partial charge in [0.25, 0.3) is 0 Å². The number of phenols is 3. The van der Waals surface area contributed by atoms with Crippen molar-refractivity contribution in [1.29, 1.82) is 0 Å². The van der Waals surface area contributed by atoms with Crippen LogP contribution in [0.5, 0.6) is 46.0 Å². The number of fused-ring (bicyclic) bond motifs is 15. The SMILES string of the molecule is CN[C@H](CC(C)C)C(=O)N[C@H]1C(=O)C[C@@H](CC(N)=O)C(=O)N[C@H]2C(=O)C[C@@H]3C(=O)C[C@H](C(=O)N[C@H](C(=O)NCCC[N+]4(C)CCCC4)c4cc(O)cc(O)c4-c4cc3ccc4O)[C@H](O)c3ccc(c(Cl)c3)Oc3cc2cc(c3OC2OC(CO)C(O)[C@H](O)[C@H]2O[C@H]2CC(C)(N)[C@H](O)[C@H](C)O2)Oc2ccc(cc2Cl)[C@H]1O. The van der Waals surface area contributed by atoms with Gasteiger partial charge in [0, 0.05) is 86.6 Å². The molecule has 3 saturated heterocycles. The highest BCUT2D eigenvalue weighted by Gasteiger charge is 2.52. The van der Waals surface area contributed by atoms with Gasteiger partial charge in [0.2, 0.25) is 41.6 Å². The van der Waals surface area contributed by atoms with E-state index < -0.39 is 223 Å². The molecule has 8 heterocycles. The summed E-state index contributed by atoms with van der Waals surface area (Å²) in [5, 5.41) is 119. The number of likely N-dealkylation sites (N-methyl/N-ethyl adjacent to an activating group) is 1. The molecule has 0 aliphatic carbocycles. The zero-order chi connectivity index (χ0) is 79.7. The summed E-state index contributed by atoms with van der Waals surface area (Å²) in [7, 11) is 3.62. The van der Waals surface area contributed by atoms with Gasteiger partial charge in [-0.1, -0.05) is 55.2 Å². The minimum atomic E-state index is -2.15. The van der Waals surface area contributed by atoms with E-state index in [1.165, 1.54) is 69.4 Å². The Bertz CT molecular complexity index is 4330. The Morgan fingerprint density at radius 3 is 2.01 bits per heavy atom. The number of likely N-dealkylation sites (tertiary alicyclic amines) is 1. The lowest BCUT2D eigenvalue weighted by Gasteiger charge is -2.47. The van der Waals surface area contributed by atoms with Crippen LogP contribution >= 0.6 is 23.2 Å². The molecule has 33 heteroatoms. The quantitative estimate of drug-likeness (QED) is 0.0464. The Kier molecular flexibility index (Phi) is 25.5. The van der Waals surface area contributed by atoms with Gasteiger partial charge in [-0.05, 0) is 116 Å². The maximum absolute atomic E-state index is 16.4. The first kappa shape index (κ1) is 82.3. The third-order valence-corrected chi connectivity index (χ3v) is 22.1. The number of phenolic OH excluding ortho intramolecular Hbond substituents is 3. The number of hydrogen-bond acceptors (Lipinski definition) is 25. The summed E-state index contributed by atoms with van der Waals surface area (Å²) in [6.07, 6.45) is -18.2. The lowest BCUT2D eigenvalue weighted by Crippen LogP contribution is -2.64. The van der Waals surface area contributed by atoms with Crippen molar-refractivity contribution in [3.8, 4) is 57.1 Å². The number of carbonyl (C=O) groups excluding carboxylic acids is 8. The fourth-order valence-electron chi connectivity index (χ4n) is 15.4. The smallest absolute Gasteiger partial charge is 0.247 e. The van der Waals surface area contributed by atoms with E-state index in [0.717, 1.165) is 60.7 Å². The number of aromatic hydroxyl groups is 3. The van der Waals surface area contributed by atoms with Crippen molar-refractivity contribution in [2.75, 3.05) is 46.9 Å². The average Bonchev–Trinajstić information content (AvgIpc) is 0.825. The van der Waals surface area contributed by atoms with Crippen molar-refractivity contribution >= 4 is 70.1 Å². The molecule has 8 aliphatic rings. The Balaban J connectivity index is 1.13. The number of ketones is 3. The molecule has 4 unspecified atom stereocenters. The lowest BCUT2D eigenvalue weighted by atomic mass is 9.79. The normalized spacial score (nSPS) is 29.4. The fourth-order valence-corrected chi connectivity index (χ4v) is 15.9. The molecule has 0 radical (unpaired) electrons. The number of aliphatic hydroxyl groups excluding tert-OH is 6. The molecular weight excluding hydrogens is 1480 g/mol. The van der Waals surface area contributed by atoms with Crippen LogP contribution < -0.4 is 52.3 Å². The highest BCUT2D eigenvalue weighted by Crippen LogP contribution is 2.51. The highest BCUT2D eigenvalue weighted by molar-refractivity contribution is 6.32. The van der Waals surface area contributed by atoms with Crippen molar-refractivity contribution in [3.63, 3.8) is 0 Å². The monoisotopic (exact) mass is 1570 g/mol. The van der Waals surface area contributed by atoms with Gasteiger partial charge in [0.05, 0.1) is 79.5 Å². The molecule has 18 N–H and O–H groups in total. The van der Waals surface area contributed by atoms with E-state index in [1.807, 2.05) is 13.8 Å². The Hall–Kier alpha value is -8.64. The van der Waals surface area contributed by atoms with Gasteiger partial charge >= 0.3 is 0 Å². The van der Waals surface area contributed by atoms with Gasteiger partial charge < -0.3 is 117 Å². The van der Waals surface area contributed by atoms with Crippen LogP contribution in [0.4, 0.5) is 0 Å². The van der Waals surface area contributed by atoms with Gasteiger partial charge in [-0.15, -0.1) is 0 Å². The molecule has 5 aromatic rings. The molecule has 0 spiro atoms. The van der Waals surface area contributed by atoms with Crippen LogP contribution in [0.3, 0.4) is 0 Å². The molecule has 0 aromatic heterocycles. The number of hydrogen-bond donors (Lipinski definition) is 16. The summed E-state index contributed by atoms with van der Waals surface area (Å²) in [4.78, 5) is 121. The van der Waals surface area contributed by atoms with Crippen molar-refractivity contribution in [3.05, 3.63) is 117 Å². The Morgan fingerprint density at radius 2 is 1.40 bits per heavy atom. The molecule has 11 bridgehead atoms. The Morgan fingerprint density at radius 1 is 0.755 bits per heavy atom. The summed E-state index contributed by atoms with van der Waals surface area (Å²) >= 11 is 14.4. The first-order valence-corrected chi connectivity index (χ1v) is 37.3. The maximum Gasteiger partial charge on any atom is 0.247 e. The van der Waals surface area contributed by atoms with Crippen LogP contribution in [0.25, 0.3) is 11.1 Å². The van der Waals surface area contributed by atoms with E-state index in [2.05, 4.69) is 33.6 Å². The number of aliphatic hydroxyl groups is 6. The maximum atomic E-state index is 16.4. The van der Waals surface area contributed by atoms with Crippen LogP contribution in [0.15, 0.2) is 78.9 Å². The summed E-state index contributed by atoms with van der Waals surface area (Å²) in [5.41, 5.74) is 9.48. The average molecular weight is 1570 g/mol. The van der Waals surface area contributed by atoms with Crippen LogP contribution in [0.1, 0.15) is 144 Å². The molecule has 5 amide bonds. The first-order chi connectivity index (χ1) is 52.0. The number of amides is 5. The predicted octanol–water partition coefficient (Wildman–Crippen LogP) is 3.84. The molecule has 0 saturated carbocycles. The number of rotatable bonds is 17. The summed E-state index contributed by atoms with van der Waals surface area (Å²) in [6, 6.07) is 8.45. The molecule has 8 aliphatic heterocycles. The number of carbonyl (C=O) groups is 8. The van der Waals surface area contributed by atoms with Crippen LogP contribution in [0, 0.1) is 17.8 Å². The minimum absolute atomic E-state index is 0.0694. The number of Topliss-reactive ketones (excluding diaryl/α,β-unsaturated/α-hetero) is 3. The third-order valence-electron chi connectivity index (χ3n) is 21.5. The number of ether oxygens (including phenoxy) is 6. The van der Waals surface area contributed by atoms with Crippen molar-refractivity contribution in [2.45, 2.75) is 183 Å². The molecule has 13 rings (SSSR count). The molecular formula is C77H95Cl2N8O23+. The molecule has 18 atom stereocenters. The van der Waals surface area contributed by atoms with Crippen molar-refractivity contribution < 1.29 is 117 Å². The van der Waals surface area contributed by atoms with E-state index in [1.54, 1.807) is 0 Å². The summed E-state index contributed by atoms with van der Waals surface area (Å²) in [5.74, 6) is -18.0. The lowest BCUT2D eigenvalue weighted by molar-refractivity contribution is -0.897. The zero-order valence-electron chi connectivity index (χ0n) is 61.4. The van der Waals surface area contributed by atoms with Gasteiger partial charge in [-0.3, -0.25) is 38.4 Å². The second-order valence-electron chi connectivity index (χ2n) is 30.4. The van der Waals surface area contributed by atoms with Gasteiger partial charge in [-0.25, -0.2) is 0 Å². The summed E-state index contributed by atoms with van der Waals surface area (Å²) in [6.45, 7) is 8.43. The Labute approximate surface area is 643 Å².